The summed E-state index contributed by atoms with van der Waals surface area (Å²) in [5, 5.41) is 5.52. The van der Waals surface area contributed by atoms with Gasteiger partial charge in [0, 0.05) is 6.54 Å². The molecular weight excluding hydrogens is 270 g/mol. The molecule has 0 amide bonds. The normalized spacial score (nSPS) is 10.8. The van der Waals surface area contributed by atoms with Gasteiger partial charge in [-0.05, 0) is 54.1 Å². The summed E-state index contributed by atoms with van der Waals surface area (Å²) in [6, 6.07) is 21.5. The third-order valence-electron chi connectivity index (χ3n) is 3.82. The number of ether oxygens (including phenoxy) is 1. The molecule has 3 aromatic rings. The minimum Gasteiger partial charge on any atom is -0.492 e. The lowest BCUT2D eigenvalue weighted by atomic mass is 10.0. The number of hydrogen-bond acceptors (Lipinski definition) is 2. The van der Waals surface area contributed by atoms with Crippen LogP contribution < -0.4 is 10.1 Å². The van der Waals surface area contributed by atoms with Crippen molar-refractivity contribution in [3.8, 4) is 16.9 Å². The SMILES string of the molecule is CNCCOc1ccc2cc(-c3ccc(C)cc3)ccc2c1. The van der Waals surface area contributed by atoms with Gasteiger partial charge in [-0.25, -0.2) is 0 Å². The Morgan fingerprint density at radius 1 is 0.818 bits per heavy atom. The molecule has 0 fully saturated rings. The molecule has 0 spiro atoms. The molecule has 2 nitrogen and oxygen atoms in total. The molecule has 0 aliphatic rings. The molecule has 0 saturated carbocycles. The van der Waals surface area contributed by atoms with Gasteiger partial charge in [-0.2, -0.15) is 0 Å². The highest BCUT2D eigenvalue weighted by Gasteiger charge is 2.02. The van der Waals surface area contributed by atoms with E-state index in [9.17, 15) is 0 Å². The largest absolute Gasteiger partial charge is 0.492 e. The Labute approximate surface area is 131 Å². The van der Waals surface area contributed by atoms with E-state index in [1.807, 2.05) is 13.1 Å². The zero-order chi connectivity index (χ0) is 15.4. The van der Waals surface area contributed by atoms with E-state index in [0.717, 1.165) is 12.3 Å². The molecule has 0 aliphatic carbocycles. The molecule has 0 atom stereocenters. The monoisotopic (exact) mass is 291 g/mol. The summed E-state index contributed by atoms with van der Waals surface area (Å²) in [5.41, 5.74) is 3.78. The average Bonchev–Trinajstić information content (AvgIpc) is 2.55. The minimum absolute atomic E-state index is 0.684. The van der Waals surface area contributed by atoms with Crippen LogP contribution in [0.4, 0.5) is 0 Å². The Hall–Kier alpha value is -2.32. The van der Waals surface area contributed by atoms with Gasteiger partial charge in [0.25, 0.3) is 0 Å². The van der Waals surface area contributed by atoms with Crippen molar-refractivity contribution in [1.29, 1.82) is 0 Å². The van der Waals surface area contributed by atoms with Crippen LogP contribution >= 0.6 is 0 Å². The van der Waals surface area contributed by atoms with Gasteiger partial charge in [0.05, 0.1) is 0 Å². The first-order chi connectivity index (χ1) is 10.8. The molecule has 22 heavy (non-hydrogen) atoms. The molecule has 0 aliphatic heterocycles. The van der Waals surface area contributed by atoms with Crippen LogP contribution in [0.1, 0.15) is 5.56 Å². The molecule has 0 unspecified atom stereocenters. The van der Waals surface area contributed by atoms with Crippen LogP contribution in [0, 0.1) is 6.92 Å². The molecule has 112 valence electrons. The van der Waals surface area contributed by atoms with Gasteiger partial charge in [-0.3, -0.25) is 0 Å². The Bertz CT molecular complexity index is 762. The third-order valence-corrected chi connectivity index (χ3v) is 3.82. The van der Waals surface area contributed by atoms with Crippen molar-refractivity contribution in [2.75, 3.05) is 20.2 Å². The van der Waals surface area contributed by atoms with Gasteiger partial charge in [-0.1, -0.05) is 48.0 Å². The maximum absolute atomic E-state index is 5.72. The molecule has 0 radical (unpaired) electrons. The summed E-state index contributed by atoms with van der Waals surface area (Å²) in [7, 11) is 1.93. The van der Waals surface area contributed by atoms with E-state index in [0.29, 0.717) is 6.61 Å². The summed E-state index contributed by atoms with van der Waals surface area (Å²) in [4.78, 5) is 0. The Morgan fingerprint density at radius 3 is 2.27 bits per heavy atom. The average molecular weight is 291 g/mol. The summed E-state index contributed by atoms with van der Waals surface area (Å²) < 4.78 is 5.72. The lowest BCUT2D eigenvalue weighted by molar-refractivity contribution is 0.319. The van der Waals surface area contributed by atoms with Gasteiger partial charge in [0.1, 0.15) is 12.4 Å². The lowest BCUT2D eigenvalue weighted by Gasteiger charge is -2.08. The third kappa shape index (κ3) is 3.29. The predicted molar refractivity (Wildman–Crippen MR) is 93.5 cm³/mol. The molecule has 2 heteroatoms. The van der Waals surface area contributed by atoms with Crippen LogP contribution in [0.3, 0.4) is 0 Å². The number of nitrogens with one attached hydrogen (secondary N) is 1. The predicted octanol–water partition coefficient (Wildman–Crippen LogP) is 4.41. The van der Waals surface area contributed by atoms with E-state index in [1.54, 1.807) is 0 Å². The van der Waals surface area contributed by atoms with Crippen LogP contribution in [-0.4, -0.2) is 20.2 Å². The van der Waals surface area contributed by atoms with Gasteiger partial charge in [0.2, 0.25) is 0 Å². The van der Waals surface area contributed by atoms with Crippen LogP contribution in [-0.2, 0) is 0 Å². The van der Waals surface area contributed by atoms with Crippen molar-refractivity contribution in [2.24, 2.45) is 0 Å². The Morgan fingerprint density at radius 2 is 1.50 bits per heavy atom. The van der Waals surface area contributed by atoms with Crippen molar-refractivity contribution >= 4 is 10.8 Å². The summed E-state index contributed by atoms with van der Waals surface area (Å²) >= 11 is 0. The van der Waals surface area contributed by atoms with Gasteiger partial charge < -0.3 is 10.1 Å². The fourth-order valence-electron chi connectivity index (χ4n) is 2.51. The Balaban J connectivity index is 1.87. The fourth-order valence-corrected chi connectivity index (χ4v) is 2.51. The second kappa shape index (κ2) is 6.63. The van der Waals surface area contributed by atoms with Gasteiger partial charge in [-0.15, -0.1) is 0 Å². The maximum atomic E-state index is 5.72. The lowest BCUT2D eigenvalue weighted by Crippen LogP contribution is -2.15. The highest BCUT2D eigenvalue weighted by molar-refractivity contribution is 5.88. The first-order valence-corrected chi connectivity index (χ1v) is 7.64. The second-order valence-electron chi connectivity index (χ2n) is 5.54. The highest BCUT2D eigenvalue weighted by atomic mass is 16.5. The van der Waals surface area contributed by atoms with E-state index in [2.05, 4.69) is 66.8 Å². The molecule has 0 bridgehead atoms. The van der Waals surface area contributed by atoms with Crippen LogP contribution in [0.25, 0.3) is 21.9 Å². The highest BCUT2D eigenvalue weighted by Crippen LogP contribution is 2.27. The number of likely N-dealkylation sites (N-methyl/N-ethyl adjacent to an activating group) is 1. The number of hydrogen-bond donors (Lipinski definition) is 1. The molecule has 0 aromatic heterocycles. The van der Waals surface area contributed by atoms with Crippen LogP contribution in [0.2, 0.25) is 0 Å². The number of rotatable bonds is 5. The standard InChI is InChI=1S/C20H21NO/c1-15-3-5-16(6-4-15)17-7-8-19-14-20(22-12-11-21-2)10-9-18(19)13-17/h3-10,13-14,21H,11-12H2,1-2H3. The van der Waals surface area contributed by atoms with Crippen molar-refractivity contribution in [3.05, 3.63) is 66.2 Å². The molecular formula is C20H21NO. The van der Waals surface area contributed by atoms with Crippen molar-refractivity contribution in [1.82, 2.24) is 5.32 Å². The molecule has 0 saturated heterocycles. The molecule has 0 heterocycles. The first-order valence-electron chi connectivity index (χ1n) is 7.64. The zero-order valence-corrected chi connectivity index (χ0v) is 13.1. The second-order valence-corrected chi connectivity index (χ2v) is 5.54. The quantitative estimate of drug-likeness (QED) is 0.703. The Kier molecular flexibility index (Phi) is 4.40. The zero-order valence-electron chi connectivity index (χ0n) is 13.1. The van der Waals surface area contributed by atoms with E-state index in [1.165, 1.54) is 27.5 Å². The smallest absolute Gasteiger partial charge is 0.120 e. The fraction of sp³-hybridized carbons (Fsp3) is 0.200. The maximum Gasteiger partial charge on any atom is 0.120 e. The number of aryl methyl sites for hydroxylation is 1. The number of benzene rings is 3. The van der Waals surface area contributed by atoms with Crippen LogP contribution in [0.5, 0.6) is 5.75 Å². The first kappa shape index (κ1) is 14.6. The van der Waals surface area contributed by atoms with E-state index >= 15 is 0 Å². The van der Waals surface area contributed by atoms with E-state index in [4.69, 9.17) is 4.74 Å². The number of fused-ring (bicyclic) bond motifs is 1. The van der Waals surface area contributed by atoms with E-state index < -0.39 is 0 Å². The van der Waals surface area contributed by atoms with Crippen molar-refractivity contribution in [2.45, 2.75) is 6.92 Å². The molecule has 3 aromatic carbocycles. The minimum atomic E-state index is 0.684. The summed E-state index contributed by atoms with van der Waals surface area (Å²) in [6.45, 7) is 3.65. The molecule has 3 rings (SSSR count). The van der Waals surface area contributed by atoms with Gasteiger partial charge >= 0.3 is 0 Å². The van der Waals surface area contributed by atoms with Crippen LogP contribution in [0.15, 0.2) is 60.7 Å². The summed E-state index contributed by atoms with van der Waals surface area (Å²) in [6.07, 6.45) is 0. The summed E-state index contributed by atoms with van der Waals surface area (Å²) in [5.74, 6) is 0.922. The molecule has 1 N–H and O–H groups in total. The van der Waals surface area contributed by atoms with Gasteiger partial charge in [0.15, 0.2) is 0 Å². The van der Waals surface area contributed by atoms with Crippen molar-refractivity contribution < 1.29 is 4.74 Å². The van der Waals surface area contributed by atoms with Crippen molar-refractivity contribution in [3.63, 3.8) is 0 Å². The van der Waals surface area contributed by atoms with E-state index in [-0.39, 0.29) is 0 Å². The topological polar surface area (TPSA) is 21.3 Å².